The zero-order chi connectivity index (χ0) is 19.0. The van der Waals surface area contributed by atoms with Crippen molar-refractivity contribution in [3.05, 3.63) is 64.1 Å². The zero-order valence-corrected chi connectivity index (χ0v) is 15.1. The number of nitrogens with zero attached hydrogens (tertiary/aromatic N) is 4. The molecule has 1 fully saturated rings. The number of piperazine rings is 1. The average molecular weight is 363 g/mol. The lowest BCUT2D eigenvalue weighted by molar-refractivity contribution is 0.112. The van der Waals surface area contributed by atoms with Crippen LogP contribution in [0.2, 0.25) is 0 Å². The monoisotopic (exact) mass is 363 g/mol. The van der Waals surface area contributed by atoms with Gasteiger partial charge in [0, 0.05) is 32.4 Å². The number of carbonyl (C=O) groups is 1. The number of carbonyl (C=O) groups excluding carboxylic acids is 1. The number of aldehydes is 1. The van der Waals surface area contributed by atoms with Crippen molar-refractivity contribution in [2.45, 2.75) is 6.92 Å². The molecular formula is C20H21N5O2. The Morgan fingerprint density at radius 3 is 2.44 bits per heavy atom. The van der Waals surface area contributed by atoms with Crippen LogP contribution in [-0.2, 0) is 0 Å². The highest BCUT2D eigenvalue weighted by atomic mass is 16.1. The highest BCUT2D eigenvalue weighted by molar-refractivity contribution is 5.83. The third kappa shape index (κ3) is 2.91. The van der Waals surface area contributed by atoms with E-state index in [1.54, 1.807) is 12.3 Å². The maximum absolute atomic E-state index is 12.7. The summed E-state index contributed by atoms with van der Waals surface area (Å²) in [6, 6.07) is 11.5. The summed E-state index contributed by atoms with van der Waals surface area (Å²) in [4.78, 5) is 33.3. The van der Waals surface area contributed by atoms with E-state index in [1.165, 1.54) is 4.40 Å². The van der Waals surface area contributed by atoms with Crippen molar-refractivity contribution in [3.63, 3.8) is 0 Å². The second-order valence-corrected chi connectivity index (χ2v) is 6.69. The molecule has 7 nitrogen and oxygen atoms in total. The lowest BCUT2D eigenvalue weighted by Crippen LogP contribution is -2.48. The summed E-state index contributed by atoms with van der Waals surface area (Å²) < 4.78 is 1.43. The van der Waals surface area contributed by atoms with E-state index in [1.807, 2.05) is 42.2 Å². The highest BCUT2D eigenvalue weighted by Crippen LogP contribution is 2.25. The van der Waals surface area contributed by atoms with Crippen LogP contribution in [0.3, 0.4) is 0 Å². The summed E-state index contributed by atoms with van der Waals surface area (Å²) in [5, 5.41) is 0. The normalized spacial score (nSPS) is 14.6. The molecule has 3 aromatic rings. The van der Waals surface area contributed by atoms with Crippen LogP contribution in [0, 0.1) is 6.92 Å². The van der Waals surface area contributed by atoms with E-state index in [0.717, 1.165) is 30.0 Å². The van der Waals surface area contributed by atoms with Crippen molar-refractivity contribution in [1.29, 1.82) is 0 Å². The number of benzene rings is 1. The molecule has 0 bridgehead atoms. The minimum Gasteiger partial charge on any atom is -0.397 e. The molecule has 7 heteroatoms. The third-order valence-electron chi connectivity index (χ3n) is 5.04. The van der Waals surface area contributed by atoms with Gasteiger partial charge in [-0.1, -0.05) is 18.2 Å². The Hall–Kier alpha value is -3.35. The van der Waals surface area contributed by atoms with Gasteiger partial charge in [-0.2, -0.15) is 0 Å². The first-order chi connectivity index (χ1) is 13.1. The Bertz CT molecular complexity index is 1070. The summed E-state index contributed by atoms with van der Waals surface area (Å²) >= 11 is 0. The Morgan fingerprint density at radius 1 is 1.04 bits per heavy atom. The van der Waals surface area contributed by atoms with Crippen LogP contribution >= 0.6 is 0 Å². The number of aromatic nitrogens is 2. The summed E-state index contributed by atoms with van der Waals surface area (Å²) in [7, 11) is 0. The van der Waals surface area contributed by atoms with Crippen molar-refractivity contribution in [3.8, 4) is 0 Å². The molecule has 4 rings (SSSR count). The van der Waals surface area contributed by atoms with Gasteiger partial charge in [-0.05, 0) is 30.7 Å². The van der Waals surface area contributed by atoms with E-state index < -0.39 is 0 Å². The van der Waals surface area contributed by atoms with E-state index in [0.29, 0.717) is 30.8 Å². The van der Waals surface area contributed by atoms with Gasteiger partial charge in [0.2, 0.25) is 0 Å². The van der Waals surface area contributed by atoms with Gasteiger partial charge in [0.15, 0.2) is 6.29 Å². The predicted octanol–water partition coefficient (Wildman–Crippen LogP) is 1.72. The fraction of sp³-hybridized carbons (Fsp3) is 0.250. The molecule has 0 unspecified atom stereocenters. The molecule has 1 aliphatic heterocycles. The lowest BCUT2D eigenvalue weighted by atomic mass is 10.2. The molecule has 1 saturated heterocycles. The molecule has 27 heavy (non-hydrogen) atoms. The van der Waals surface area contributed by atoms with Gasteiger partial charge in [0.25, 0.3) is 5.56 Å². The van der Waals surface area contributed by atoms with Crippen LogP contribution in [0.1, 0.15) is 15.9 Å². The minimum atomic E-state index is -0.330. The van der Waals surface area contributed by atoms with Gasteiger partial charge in [0.1, 0.15) is 17.0 Å². The van der Waals surface area contributed by atoms with Crippen molar-refractivity contribution in [1.82, 2.24) is 9.38 Å². The standard InChI is InChI=1S/C20H21N5O2/c1-14-5-4-8-25-18(14)22-19(15(13-26)20(25)27)24-11-9-23(10-12-24)17-7-3-2-6-16(17)21/h2-8,13H,9-12,21H2,1H3. The molecule has 0 radical (unpaired) electrons. The molecular weight excluding hydrogens is 342 g/mol. The second kappa shape index (κ2) is 6.75. The molecule has 1 aromatic carbocycles. The molecule has 138 valence electrons. The van der Waals surface area contributed by atoms with Crippen LogP contribution in [-0.4, -0.2) is 41.8 Å². The predicted molar refractivity (Wildman–Crippen MR) is 107 cm³/mol. The highest BCUT2D eigenvalue weighted by Gasteiger charge is 2.24. The smallest absolute Gasteiger partial charge is 0.270 e. The zero-order valence-electron chi connectivity index (χ0n) is 15.1. The summed E-state index contributed by atoms with van der Waals surface area (Å²) in [6.07, 6.45) is 2.26. The van der Waals surface area contributed by atoms with Crippen LogP contribution in [0.5, 0.6) is 0 Å². The maximum atomic E-state index is 12.7. The Kier molecular flexibility index (Phi) is 4.27. The van der Waals surface area contributed by atoms with E-state index in [-0.39, 0.29) is 11.1 Å². The van der Waals surface area contributed by atoms with E-state index in [2.05, 4.69) is 9.88 Å². The number of nitrogen functional groups attached to an aromatic ring is 1. The molecule has 1 aliphatic rings. The number of fused-ring (bicyclic) bond motifs is 1. The number of para-hydroxylation sites is 2. The van der Waals surface area contributed by atoms with Crippen LogP contribution in [0.4, 0.5) is 17.2 Å². The molecule has 0 atom stereocenters. The van der Waals surface area contributed by atoms with E-state index in [4.69, 9.17) is 5.73 Å². The van der Waals surface area contributed by atoms with E-state index in [9.17, 15) is 9.59 Å². The van der Waals surface area contributed by atoms with Crippen molar-refractivity contribution < 1.29 is 4.79 Å². The SMILES string of the molecule is Cc1cccn2c(=O)c(C=O)c(N3CCN(c4ccccc4N)CC3)nc12. The fourth-order valence-electron chi connectivity index (χ4n) is 3.58. The molecule has 2 N–H and O–H groups in total. The molecule has 0 amide bonds. The lowest BCUT2D eigenvalue weighted by Gasteiger charge is -2.37. The topological polar surface area (TPSA) is 83.9 Å². The van der Waals surface area contributed by atoms with Crippen LogP contribution in [0.25, 0.3) is 5.65 Å². The first-order valence-electron chi connectivity index (χ1n) is 8.91. The Labute approximate surface area is 156 Å². The van der Waals surface area contributed by atoms with Gasteiger partial charge in [-0.3, -0.25) is 14.0 Å². The van der Waals surface area contributed by atoms with Gasteiger partial charge < -0.3 is 15.5 Å². The summed E-state index contributed by atoms with van der Waals surface area (Å²) in [5.41, 5.74) is 9.09. The number of hydrogen-bond donors (Lipinski definition) is 1. The fourth-order valence-corrected chi connectivity index (χ4v) is 3.58. The number of anilines is 3. The molecule has 0 saturated carbocycles. The number of rotatable bonds is 3. The van der Waals surface area contributed by atoms with Gasteiger partial charge >= 0.3 is 0 Å². The van der Waals surface area contributed by atoms with Gasteiger partial charge in [-0.15, -0.1) is 0 Å². The Morgan fingerprint density at radius 2 is 1.74 bits per heavy atom. The second-order valence-electron chi connectivity index (χ2n) is 6.69. The minimum absolute atomic E-state index is 0.103. The first kappa shape index (κ1) is 17.1. The Balaban J connectivity index is 1.68. The van der Waals surface area contributed by atoms with Crippen molar-refractivity contribution in [2.24, 2.45) is 0 Å². The molecule has 0 spiro atoms. The third-order valence-corrected chi connectivity index (χ3v) is 5.04. The molecule has 2 aromatic heterocycles. The summed E-state index contributed by atoms with van der Waals surface area (Å²) in [6.45, 7) is 4.69. The van der Waals surface area contributed by atoms with Gasteiger partial charge in [-0.25, -0.2) is 4.98 Å². The molecule has 3 heterocycles. The van der Waals surface area contributed by atoms with Crippen LogP contribution in [0.15, 0.2) is 47.4 Å². The maximum Gasteiger partial charge on any atom is 0.270 e. The van der Waals surface area contributed by atoms with Crippen molar-refractivity contribution >= 4 is 29.1 Å². The largest absolute Gasteiger partial charge is 0.397 e. The van der Waals surface area contributed by atoms with Crippen LogP contribution < -0.4 is 21.1 Å². The average Bonchev–Trinajstić information content (AvgIpc) is 2.69. The molecule has 0 aliphatic carbocycles. The van der Waals surface area contributed by atoms with E-state index >= 15 is 0 Å². The quantitative estimate of drug-likeness (QED) is 0.564. The van der Waals surface area contributed by atoms with Crippen molar-refractivity contribution in [2.75, 3.05) is 41.7 Å². The number of hydrogen-bond acceptors (Lipinski definition) is 6. The number of nitrogens with two attached hydrogens (primary N) is 1. The van der Waals surface area contributed by atoms with Gasteiger partial charge in [0.05, 0.1) is 11.4 Å². The number of aryl methyl sites for hydroxylation is 1. The number of pyridine rings is 1. The first-order valence-corrected chi connectivity index (χ1v) is 8.91. The summed E-state index contributed by atoms with van der Waals surface area (Å²) in [5.74, 6) is 0.463.